The average Bonchev–Trinajstić information content (AvgIpc) is 2.91. The zero-order valence-electron chi connectivity index (χ0n) is 21.9. The molecule has 202 valence electrons. The molecular formula is C29H31BrFNO5S. The van der Waals surface area contributed by atoms with Gasteiger partial charge in [-0.25, -0.2) is 9.18 Å². The van der Waals surface area contributed by atoms with Gasteiger partial charge >= 0.3 is 5.97 Å². The lowest BCUT2D eigenvalue weighted by Gasteiger charge is -2.37. The zero-order chi connectivity index (χ0) is 27.4. The van der Waals surface area contributed by atoms with E-state index in [0.717, 1.165) is 17.0 Å². The third-order valence-corrected chi connectivity index (χ3v) is 8.34. The van der Waals surface area contributed by atoms with Crippen molar-refractivity contribution >= 4 is 39.4 Å². The Bertz CT molecular complexity index is 1310. The van der Waals surface area contributed by atoms with Crippen LogP contribution < -0.4 is 14.8 Å². The highest BCUT2D eigenvalue weighted by Gasteiger charge is 2.41. The number of carbonyl (C=O) groups is 2. The molecule has 0 fully saturated rings. The van der Waals surface area contributed by atoms with Crippen LogP contribution in [0.1, 0.15) is 49.7 Å². The summed E-state index contributed by atoms with van der Waals surface area (Å²) >= 11 is 4.95. The van der Waals surface area contributed by atoms with Gasteiger partial charge in [0.2, 0.25) is 0 Å². The van der Waals surface area contributed by atoms with Gasteiger partial charge in [-0.3, -0.25) is 4.79 Å². The summed E-state index contributed by atoms with van der Waals surface area (Å²) in [6.07, 6.45) is 0.839. The lowest BCUT2D eigenvalue weighted by molar-refractivity contribution is -0.138. The first-order valence-electron chi connectivity index (χ1n) is 12.4. The highest BCUT2D eigenvalue weighted by atomic mass is 79.9. The minimum absolute atomic E-state index is 0.0664. The summed E-state index contributed by atoms with van der Waals surface area (Å²) in [6.45, 7) is 4.14. The molecule has 0 spiro atoms. The van der Waals surface area contributed by atoms with Gasteiger partial charge < -0.3 is 19.5 Å². The maximum Gasteiger partial charge on any atom is 0.336 e. The number of esters is 1. The molecule has 38 heavy (non-hydrogen) atoms. The van der Waals surface area contributed by atoms with Crippen LogP contribution in [-0.4, -0.2) is 44.1 Å². The van der Waals surface area contributed by atoms with Crippen LogP contribution in [0.5, 0.6) is 11.5 Å². The smallest absolute Gasteiger partial charge is 0.336 e. The molecule has 0 aromatic heterocycles. The van der Waals surface area contributed by atoms with Gasteiger partial charge in [-0.15, -0.1) is 0 Å². The molecule has 0 saturated heterocycles. The van der Waals surface area contributed by atoms with Gasteiger partial charge in [-0.2, -0.15) is 11.8 Å². The number of Topliss-reactive ketones (excluding diaryl/α,β-unsaturated/α-hetero) is 1. The average molecular weight is 605 g/mol. The first-order chi connectivity index (χ1) is 18.3. The molecule has 2 aromatic carbocycles. The third-order valence-electron chi connectivity index (χ3n) is 6.87. The Hall–Kier alpha value is -2.78. The number of rotatable bonds is 9. The van der Waals surface area contributed by atoms with Crippen LogP contribution in [-0.2, 0) is 14.3 Å². The molecule has 9 heteroatoms. The van der Waals surface area contributed by atoms with E-state index in [-0.39, 0.29) is 29.2 Å². The van der Waals surface area contributed by atoms with Crippen molar-refractivity contribution in [1.29, 1.82) is 0 Å². The molecule has 0 unspecified atom stereocenters. The van der Waals surface area contributed by atoms with Crippen LogP contribution in [0.2, 0.25) is 0 Å². The number of hydrogen-bond acceptors (Lipinski definition) is 7. The minimum atomic E-state index is -0.659. The van der Waals surface area contributed by atoms with Crippen LogP contribution in [0, 0.1) is 5.82 Å². The van der Waals surface area contributed by atoms with E-state index in [9.17, 15) is 14.0 Å². The van der Waals surface area contributed by atoms with Gasteiger partial charge in [0.1, 0.15) is 12.4 Å². The monoisotopic (exact) mass is 603 g/mol. The molecule has 1 aliphatic heterocycles. The van der Waals surface area contributed by atoms with Crippen LogP contribution >= 0.6 is 27.7 Å². The van der Waals surface area contributed by atoms with Crippen molar-refractivity contribution < 1.29 is 28.2 Å². The fourth-order valence-corrected chi connectivity index (χ4v) is 5.98. The van der Waals surface area contributed by atoms with E-state index < -0.39 is 17.7 Å². The number of ether oxygens (including phenoxy) is 3. The number of ketones is 1. The molecule has 0 saturated carbocycles. The van der Waals surface area contributed by atoms with Crippen LogP contribution in [0.4, 0.5) is 4.39 Å². The van der Waals surface area contributed by atoms with Gasteiger partial charge in [0.05, 0.1) is 24.3 Å². The molecule has 0 bridgehead atoms. The topological polar surface area (TPSA) is 73.9 Å². The summed E-state index contributed by atoms with van der Waals surface area (Å²) in [5.41, 5.74) is 3.91. The molecule has 6 nitrogen and oxygen atoms in total. The lowest BCUT2D eigenvalue weighted by atomic mass is 9.71. The van der Waals surface area contributed by atoms with E-state index in [1.165, 1.54) is 6.07 Å². The molecule has 1 aliphatic carbocycles. The van der Waals surface area contributed by atoms with Crippen LogP contribution in [0.15, 0.2) is 63.4 Å². The number of benzene rings is 2. The number of methoxy groups -OCH3 is 2. The molecule has 2 aliphatic rings. The Morgan fingerprint density at radius 1 is 1.11 bits per heavy atom. The molecule has 0 radical (unpaired) electrons. The van der Waals surface area contributed by atoms with Gasteiger partial charge in [-0.05, 0) is 76.3 Å². The first kappa shape index (κ1) is 28.2. The minimum Gasteiger partial charge on any atom is -0.493 e. The quantitative estimate of drug-likeness (QED) is 0.268. The Balaban J connectivity index is 1.73. The van der Waals surface area contributed by atoms with E-state index in [0.29, 0.717) is 46.1 Å². The maximum atomic E-state index is 14.1. The normalized spacial score (nSPS) is 19.2. The lowest BCUT2D eigenvalue weighted by Crippen LogP contribution is -2.36. The number of carbonyl (C=O) groups excluding carboxylic acids is 2. The Labute approximate surface area is 235 Å². The maximum absolute atomic E-state index is 14.1. The van der Waals surface area contributed by atoms with E-state index in [4.69, 9.17) is 14.2 Å². The van der Waals surface area contributed by atoms with Crippen molar-refractivity contribution in [3.8, 4) is 11.5 Å². The molecule has 1 heterocycles. The number of dihydropyridines is 1. The summed E-state index contributed by atoms with van der Waals surface area (Å²) in [4.78, 5) is 27.1. The molecule has 2 atom stereocenters. The predicted molar refractivity (Wildman–Crippen MR) is 150 cm³/mol. The van der Waals surface area contributed by atoms with Crippen molar-refractivity contribution in [2.24, 2.45) is 0 Å². The molecule has 4 rings (SSSR count). The van der Waals surface area contributed by atoms with Crippen LogP contribution in [0.3, 0.4) is 0 Å². The van der Waals surface area contributed by atoms with Gasteiger partial charge in [-0.1, -0.05) is 19.1 Å². The van der Waals surface area contributed by atoms with Gasteiger partial charge in [0.25, 0.3) is 0 Å². The first-order valence-corrected chi connectivity index (χ1v) is 14.4. The van der Waals surface area contributed by atoms with Crippen molar-refractivity contribution in [1.82, 2.24) is 5.32 Å². The van der Waals surface area contributed by atoms with E-state index >= 15 is 0 Å². The second kappa shape index (κ2) is 12.4. The standard InChI is InChI=1S/C29H31BrFNO5S/c1-5-38-11-10-37-29(34)26-16(2)32-22-13-19(17-7-9-24(35-3)25(15-17)36-4)14-23(33)28(22)27(26)18-6-8-21(31)20(30)12-18/h6-9,12,15,19,27,32H,5,10-11,13-14H2,1-4H3/t19-,27+/m0/s1. The number of nitrogens with one attached hydrogen (secondary N) is 1. The zero-order valence-corrected chi connectivity index (χ0v) is 24.3. The van der Waals surface area contributed by atoms with E-state index in [1.807, 2.05) is 32.0 Å². The predicted octanol–water partition coefficient (Wildman–Crippen LogP) is 6.26. The Morgan fingerprint density at radius 2 is 1.84 bits per heavy atom. The van der Waals surface area contributed by atoms with Crippen molar-refractivity contribution in [2.45, 2.75) is 38.5 Å². The summed E-state index contributed by atoms with van der Waals surface area (Å²) in [7, 11) is 3.16. The SMILES string of the molecule is CCSCCOC(=O)C1=C(C)NC2=C(C(=O)C[C@@H](c3ccc(OC)c(OC)c3)C2)[C@@H]1c1ccc(F)c(Br)c1. The third kappa shape index (κ3) is 5.78. The Kier molecular flexibility index (Phi) is 9.20. The second-order valence-corrected chi connectivity index (χ2v) is 11.4. The van der Waals surface area contributed by atoms with Crippen molar-refractivity contribution in [2.75, 3.05) is 32.3 Å². The number of hydrogen-bond donors (Lipinski definition) is 1. The van der Waals surface area contributed by atoms with E-state index in [1.54, 1.807) is 38.1 Å². The number of halogens is 2. The molecule has 0 amide bonds. The summed E-state index contributed by atoms with van der Waals surface area (Å²) < 4.78 is 30.8. The van der Waals surface area contributed by atoms with E-state index in [2.05, 4.69) is 21.2 Å². The highest BCUT2D eigenvalue weighted by molar-refractivity contribution is 9.10. The molecular weight excluding hydrogens is 573 g/mol. The fourth-order valence-electron chi connectivity index (χ4n) is 5.09. The van der Waals surface area contributed by atoms with Gasteiger partial charge in [0.15, 0.2) is 17.3 Å². The second-order valence-electron chi connectivity index (χ2n) is 9.14. The highest BCUT2D eigenvalue weighted by Crippen LogP contribution is 2.47. The summed E-state index contributed by atoms with van der Waals surface area (Å²) in [5, 5.41) is 3.35. The van der Waals surface area contributed by atoms with Crippen molar-refractivity contribution in [3.05, 3.63) is 80.4 Å². The van der Waals surface area contributed by atoms with Gasteiger partial charge in [0, 0.05) is 35.1 Å². The van der Waals surface area contributed by atoms with Crippen molar-refractivity contribution in [3.63, 3.8) is 0 Å². The Morgan fingerprint density at radius 3 is 2.53 bits per heavy atom. The number of thioether (sulfide) groups is 1. The molecule has 2 aromatic rings. The largest absolute Gasteiger partial charge is 0.493 e. The summed E-state index contributed by atoms with van der Waals surface area (Å²) in [6, 6.07) is 10.3. The fraction of sp³-hybridized carbons (Fsp3) is 0.379. The molecule has 1 N–H and O–H groups in total. The van der Waals surface area contributed by atoms with Crippen LogP contribution in [0.25, 0.3) is 0 Å². The number of allylic oxidation sites excluding steroid dienone is 3. The summed E-state index contributed by atoms with van der Waals surface area (Å²) in [5.74, 6) is 1.15.